The summed E-state index contributed by atoms with van der Waals surface area (Å²) in [7, 11) is 0. The molecule has 0 spiro atoms. The van der Waals surface area contributed by atoms with Crippen molar-refractivity contribution in [2.45, 2.75) is 0 Å². The van der Waals surface area contributed by atoms with Gasteiger partial charge < -0.3 is 5.73 Å². The summed E-state index contributed by atoms with van der Waals surface area (Å²) in [6, 6.07) is 4.07. The average molecular weight is 273 g/mol. The Morgan fingerprint density at radius 2 is 2.00 bits per heavy atom. The molecule has 0 fully saturated rings. The molecule has 0 bridgehead atoms. The highest BCUT2D eigenvalue weighted by atomic mass is 127. The summed E-state index contributed by atoms with van der Waals surface area (Å²) in [5.74, 6) is -0.439. The molecule has 1 aromatic rings. The van der Waals surface area contributed by atoms with Crippen LogP contribution in [0.15, 0.2) is 18.2 Å². The number of nitrogens with two attached hydrogens (primary N) is 1. The standard InChI is InChI=1S/C6H5ClFN.HI/c7-5-3-4(9)1-2-6(5)8;/h1-3H,9H2;1H. The molecular formula is C6H6ClFIN. The Morgan fingerprint density at radius 3 is 2.40 bits per heavy atom. The summed E-state index contributed by atoms with van der Waals surface area (Å²) in [4.78, 5) is 0. The number of hydrogen-bond donors (Lipinski definition) is 1. The number of nitrogen functional groups attached to an aromatic ring is 1. The molecule has 1 rings (SSSR count). The van der Waals surface area contributed by atoms with Gasteiger partial charge in [0.1, 0.15) is 5.82 Å². The molecule has 0 saturated carbocycles. The number of halogens is 3. The summed E-state index contributed by atoms with van der Waals surface area (Å²) in [6.45, 7) is 0. The summed E-state index contributed by atoms with van der Waals surface area (Å²) < 4.78 is 12.3. The third-order valence-electron chi connectivity index (χ3n) is 0.944. The molecule has 0 atom stereocenters. The molecule has 0 aliphatic heterocycles. The zero-order chi connectivity index (χ0) is 6.85. The van der Waals surface area contributed by atoms with Gasteiger partial charge in [0, 0.05) is 5.69 Å². The van der Waals surface area contributed by atoms with Crippen LogP contribution >= 0.6 is 35.6 Å². The monoisotopic (exact) mass is 273 g/mol. The minimum atomic E-state index is -0.439. The Balaban J connectivity index is 0.000000810. The van der Waals surface area contributed by atoms with Gasteiger partial charge in [-0.05, 0) is 18.2 Å². The highest BCUT2D eigenvalue weighted by Crippen LogP contribution is 2.16. The second-order valence-electron chi connectivity index (χ2n) is 1.67. The van der Waals surface area contributed by atoms with Crippen molar-refractivity contribution in [1.82, 2.24) is 0 Å². The lowest BCUT2D eigenvalue weighted by molar-refractivity contribution is 0.628. The summed E-state index contributed by atoms with van der Waals surface area (Å²) >= 11 is 5.36. The topological polar surface area (TPSA) is 26.0 Å². The Morgan fingerprint density at radius 1 is 1.40 bits per heavy atom. The van der Waals surface area contributed by atoms with E-state index in [1.165, 1.54) is 18.2 Å². The molecule has 0 aromatic heterocycles. The van der Waals surface area contributed by atoms with E-state index in [1.54, 1.807) is 0 Å². The Hall–Kier alpha value is -0.0300. The van der Waals surface area contributed by atoms with Crippen LogP contribution in [0.3, 0.4) is 0 Å². The van der Waals surface area contributed by atoms with Crippen molar-refractivity contribution >= 4 is 41.3 Å². The van der Waals surface area contributed by atoms with Crippen molar-refractivity contribution in [3.8, 4) is 0 Å². The molecule has 2 N–H and O–H groups in total. The van der Waals surface area contributed by atoms with E-state index in [9.17, 15) is 4.39 Å². The van der Waals surface area contributed by atoms with Gasteiger partial charge in [-0.15, -0.1) is 24.0 Å². The second kappa shape index (κ2) is 3.98. The van der Waals surface area contributed by atoms with Crippen molar-refractivity contribution in [2.75, 3.05) is 5.73 Å². The van der Waals surface area contributed by atoms with Crippen LogP contribution in [0.4, 0.5) is 10.1 Å². The number of anilines is 1. The molecule has 1 nitrogen and oxygen atoms in total. The van der Waals surface area contributed by atoms with Gasteiger partial charge in [0.05, 0.1) is 5.02 Å². The Kier molecular flexibility index (Phi) is 3.96. The molecular weight excluding hydrogens is 267 g/mol. The van der Waals surface area contributed by atoms with E-state index in [1.807, 2.05) is 0 Å². The van der Waals surface area contributed by atoms with Crippen LogP contribution in [0.2, 0.25) is 5.02 Å². The first kappa shape index (κ1) is 9.97. The molecule has 10 heavy (non-hydrogen) atoms. The molecule has 1 aromatic carbocycles. The van der Waals surface area contributed by atoms with Crippen LogP contribution in [0.25, 0.3) is 0 Å². The third kappa shape index (κ3) is 2.30. The lowest BCUT2D eigenvalue weighted by Gasteiger charge is -1.93. The first-order chi connectivity index (χ1) is 4.20. The Labute approximate surface area is 80.4 Å². The van der Waals surface area contributed by atoms with Gasteiger partial charge in [0.25, 0.3) is 0 Å². The van der Waals surface area contributed by atoms with Gasteiger partial charge in [-0.25, -0.2) is 4.39 Å². The zero-order valence-electron chi connectivity index (χ0n) is 4.97. The lowest BCUT2D eigenvalue weighted by atomic mass is 10.3. The number of hydrogen-bond acceptors (Lipinski definition) is 1. The largest absolute Gasteiger partial charge is 0.399 e. The van der Waals surface area contributed by atoms with Crippen LogP contribution in [0.5, 0.6) is 0 Å². The Bertz CT molecular complexity index is 229. The average Bonchev–Trinajstić information content (AvgIpc) is 1.80. The predicted octanol–water partition coefficient (Wildman–Crippen LogP) is 2.68. The van der Waals surface area contributed by atoms with Gasteiger partial charge in [0.15, 0.2) is 0 Å². The fourth-order valence-corrected chi connectivity index (χ4v) is 0.701. The van der Waals surface area contributed by atoms with Crippen LogP contribution in [-0.2, 0) is 0 Å². The van der Waals surface area contributed by atoms with E-state index < -0.39 is 5.82 Å². The molecule has 0 radical (unpaired) electrons. The van der Waals surface area contributed by atoms with Crippen molar-refractivity contribution in [3.05, 3.63) is 29.0 Å². The van der Waals surface area contributed by atoms with Gasteiger partial charge in [-0.1, -0.05) is 11.6 Å². The maximum Gasteiger partial charge on any atom is 0.141 e. The van der Waals surface area contributed by atoms with Crippen molar-refractivity contribution in [3.63, 3.8) is 0 Å². The van der Waals surface area contributed by atoms with Gasteiger partial charge in [0.2, 0.25) is 0 Å². The maximum absolute atomic E-state index is 12.3. The van der Waals surface area contributed by atoms with E-state index in [0.717, 1.165) is 0 Å². The summed E-state index contributed by atoms with van der Waals surface area (Å²) in [6.07, 6.45) is 0. The molecule has 4 heteroatoms. The normalized spacial score (nSPS) is 8.60. The van der Waals surface area contributed by atoms with Crippen LogP contribution in [-0.4, -0.2) is 0 Å². The minimum absolute atomic E-state index is 0. The van der Waals surface area contributed by atoms with Crippen LogP contribution in [0.1, 0.15) is 0 Å². The van der Waals surface area contributed by atoms with Crippen LogP contribution < -0.4 is 5.73 Å². The molecule has 0 aliphatic rings. The first-order valence-corrected chi connectivity index (χ1v) is 2.78. The molecule has 0 saturated heterocycles. The maximum atomic E-state index is 12.3. The molecule has 0 aliphatic carbocycles. The van der Waals surface area contributed by atoms with E-state index in [4.69, 9.17) is 17.3 Å². The highest BCUT2D eigenvalue weighted by Gasteiger charge is 1.95. The summed E-state index contributed by atoms with van der Waals surface area (Å²) in [5.41, 5.74) is 5.75. The van der Waals surface area contributed by atoms with E-state index >= 15 is 0 Å². The smallest absolute Gasteiger partial charge is 0.141 e. The van der Waals surface area contributed by atoms with Crippen molar-refractivity contribution in [2.24, 2.45) is 0 Å². The predicted molar refractivity (Wildman–Crippen MR) is 51.2 cm³/mol. The molecule has 0 amide bonds. The first-order valence-electron chi connectivity index (χ1n) is 2.40. The quantitative estimate of drug-likeness (QED) is 0.571. The highest BCUT2D eigenvalue weighted by molar-refractivity contribution is 14.0. The molecule has 0 unspecified atom stereocenters. The molecule has 56 valence electrons. The van der Waals surface area contributed by atoms with E-state index in [2.05, 4.69) is 0 Å². The van der Waals surface area contributed by atoms with E-state index in [-0.39, 0.29) is 29.0 Å². The van der Waals surface area contributed by atoms with Gasteiger partial charge in [-0.2, -0.15) is 0 Å². The fourth-order valence-electron chi connectivity index (χ4n) is 0.512. The number of rotatable bonds is 0. The molecule has 0 heterocycles. The summed E-state index contributed by atoms with van der Waals surface area (Å²) in [5, 5.41) is 0.0648. The van der Waals surface area contributed by atoms with E-state index in [0.29, 0.717) is 5.69 Å². The van der Waals surface area contributed by atoms with Gasteiger partial charge >= 0.3 is 0 Å². The third-order valence-corrected chi connectivity index (χ3v) is 1.23. The van der Waals surface area contributed by atoms with Crippen LogP contribution in [0, 0.1) is 5.82 Å². The number of benzene rings is 1. The lowest BCUT2D eigenvalue weighted by Crippen LogP contribution is -1.84. The van der Waals surface area contributed by atoms with Crippen molar-refractivity contribution < 1.29 is 4.39 Å². The SMILES string of the molecule is I.Nc1ccc(F)c(Cl)c1. The van der Waals surface area contributed by atoms with Gasteiger partial charge in [-0.3, -0.25) is 0 Å². The fraction of sp³-hybridized carbons (Fsp3) is 0. The van der Waals surface area contributed by atoms with Crippen molar-refractivity contribution in [1.29, 1.82) is 0 Å². The zero-order valence-corrected chi connectivity index (χ0v) is 8.06. The minimum Gasteiger partial charge on any atom is -0.399 e. The second-order valence-corrected chi connectivity index (χ2v) is 2.08.